The van der Waals surface area contributed by atoms with Gasteiger partial charge in [-0.25, -0.2) is 4.79 Å². The lowest BCUT2D eigenvalue weighted by atomic mass is 9.78. The summed E-state index contributed by atoms with van der Waals surface area (Å²) in [6.45, 7) is 1.54. The Bertz CT molecular complexity index is 865. The van der Waals surface area contributed by atoms with Gasteiger partial charge in [-0.3, -0.25) is 4.79 Å². The summed E-state index contributed by atoms with van der Waals surface area (Å²) < 4.78 is 16.4. The second-order valence-corrected chi connectivity index (χ2v) is 7.03. The number of carbonyl (C=O) groups is 2. The molecule has 0 atom stereocenters. The van der Waals surface area contributed by atoms with E-state index >= 15 is 0 Å². The number of amides is 1. The molecule has 2 heterocycles. The van der Waals surface area contributed by atoms with E-state index in [-0.39, 0.29) is 16.7 Å². The van der Waals surface area contributed by atoms with Gasteiger partial charge in [0.1, 0.15) is 19.5 Å². The van der Waals surface area contributed by atoms with E-state index in [1.165, 1.54) is 6.07 Å². The highest BCUT2D eigenvalue weighted by Gasteiger charge is 2.37. The van der Waals surface area contributed by atoms with Crippen LogP contribution in [0.3, 0.4) is 0 Å². The van der Waals surface area contributed by atoms with Gasteiger partial charge in [-0.15, -0.1) is 0 Å². The fourth-order valence-corrected chi connectivity index (χ4v) is 3.90. The second-order valence-electron chi connectivity index (χ2n) is 7.03. The van der Waals surface area contributed by atoms with Crippen LogP contribution in [0.4, 0.5) is 0 Å². The zero-order valence-electron chi connectivity index (χ0n) is 14.8. The van der Waals surface area contributed by atoms with Gasteiger partial charge in [-0.1, -0.05) is 18.9 Å². The maximum absolute atomic E-state index is 12.4. The largest absolute Gasteiger partial charge is 0.486 e. The first-order valence-corrected chi connectivity index (χ1v) is 9.08. The molecule has 1 fully saturated rings. The fraction of sp³-hybridized carbons (Fsp3) is 0.400. The number of hydrogen-bond acceptors (Lipinski definition) is 5. The lowest BCUT2D eigenvalue weighted by molar-refractivity contribution is 0.0695. The maximum atomic E-state index is 12.4. The molecule has 7 nitrogen and oxygen atoms in total. The molecule has 1 aromatic heterocycles. The Morgan fingerprint density at radius 2 is 1.81 bits per heavy atom. The molecule has 2 N–H and O–H groups in total. The van der Waals surface area contributed by atoms with Crippen molar-refractivity contribution in [2.75, 3.05) is 19.8 Å². The molecule has 1 aliphatic heterocycles. The van der Waals surface area contributed by atoms with Crippen LogP contribution in [0, 0.1) is 0 Å². The minimum atomic E-state index is -1.12. The minimum absolute atomic E-state index is 0.00252. The highest BCUT2D eigenvalue weighted by Crippen LogP contribution is 2.43. The van der Waals surface area contributed by atoms with Gasteiger partial charge in [0, 0.05) is 18.0 Å². The van der Waals surface area contributed by atoms with E-state index in [2.05, 4.69) is 5.32 Å². The monoisotopic (exact) mass is 371 g/mol. The molecule has 7 heteroatoms. The van der Waals surface area contributed by atoms with Crippen molar-refractivity contribution in [3.63, 3.8) is 0 Å². The zero-order chi connectivity index (χ0) is 18.9. The number of carbonyl (C=O) groups excluding carboxylic acids is 1. The number of nitrogens with one attached hydrogen (secondary N) is 1. The van der Waals surface area contributed by atoms with Crippen LogP contribution in [-0.2, 0) is 5.41 Å². The number of ether oxygens (including phenoxy) is 2. The lowest BCUT2D eigenvalue weighted by Gasteiger charge is -2.31. The Balaban J connectivity index is 1.52. The molecular formula is C20H21NO6. The van der Waals surface area contributed by atoms with Gasteiger partial charge in [-0.05, 0) is 30.5 Å². The zero-order valence-corrected chi connectivity index (χ0v) is 14.8. The van der Waals surface area contributed by atoms with Crippen LogP contribution in [0.1, 0.15) is 52.2 Å². The fourth-order valence-electron chi connectivity index (χ4n) is 3.90. The Morgan fingerprint density at radius 3 is 2.52 bits per heavy atom. The van der Waals surface area contributed by atoms with Crippen LogP contribution >= 0.6 is 0 Å². The van der Waals surface area contributed by atoms with Gasteiger partial charge in [0.25, 0.3) is 5.91 Å². The second kappa shape index (κ2) is 6.98. The van der Waals surface area contributed by atoms with E-state index < -0.39 is 11.9 Å². The smallest absolute Gasteiger partial charge is 0.338 e. The number of carboxylic acids is 1. The van der Waals surface area contributed by atoms with E-state index in [0.717, 1.165) is 49.0 Å². The van der Waals surface area contributed by atoms with Crippen LogP contribution in [0.15, 0.2) is 34.9 Å². The maximum Gasteiger partial charge on any atom is 0.338 e. The third-order valence-corrected chi connectivity index (χ3v) is 5.37. The van der Waals surface area contributed by atoms with Crippen LogP contribution in [0.2, 0.25) is 0 Å². The molecule has 0 unspecified atom stereocenters. The third-order valence-electron chi connectivity index (χ3n) is 5.37. The topological polar surface area (TPSA) is 98.0 Å². The normalized spacial score (nSPS) is 17.5. The van der Waals surface area contributed by atoms with Gasteiger partial charge < -0.3 is 24.3 Å². The van der Waals surface area contributed by atoms with Gasteiger partial charge in [0.05, 0.1) is 5.56 Å². The van der Waals surface area contributed by atoms with Crippen molar-refractivity contribution in [3.8, 4) is 11.5 Å². The summed E-state index contributed by atoms with van der Waals surface area (Å²) in [7, 11) is 0. The average Bonchev–Trinajstić information content (AvgIpc) is 3.36. The summed E-state index contributed by atoms with van der Waals surface area (Å²) in [5.74, 6) is -0.0390. The number of aromatic carboxylic acids is 1. The van der Waals surface area contributed by atoms with Crippen molar-refractivity contribution >= 4 is 11.9 Å². The van der Waals surface area contributed by atoms with E-state index in [9.17, 15) is 9.59 Å². The van der Waals surface area contributed by atoms with Crippen LogP contribution < -0.4 is 14.8 Å². The van der Waals surface area contributed by atoms with Gasteiger partial charge in [-0.2, -0.15) is 0 Å². The minimum Gasteiger partial charge on any atom is -0.486 e. The molecule has 1 amide bonds. The Labute approximate surface area is 156 Å². The summed E-state index contributed by atoms with van der Waals surface area (Å²) in [5, 5.41) is 11.9. The number of hydrogen-bond donors (Lipinski definition) is 2. The highest BCUT2D eigenvalue weighted by atomic mass is 16.6. The predicted octanol–water partition coefficient (Wildman–Crippen LogP) is 2.99. The molecule has 1 aromatic carbocycles. The van der Waals surface area contributed by atoms with Crippen molar-refractivity contribution in [1.29, 1.82) is 0 Å². The molecule has 0 saturated heterocycles. The summed E-state index contributed by atoms with van der Waals surface area (Å²) in [4.78, 5) is 23.3. The van der Waals surface area contributed by atoms with E-state index in [1.807, 2.05) is 18.2 Å². The molecule has 27 heavy (non-hydrogen) atoms. The Kier molecular flexibility index (Phi) is 4.51. The van der Waals surface area contributed by atoms with Gasteiger partial charge >= 0.3 is 5.97 Å². The summed E-state index contributed by atoms with van der Waals surface area (Å²) in [6.07, 6.45) is 5.18. The van der Waals surface area contributed by atoms with Crippen molar-refractivity contribution in [2.45, 2.75) is 31.1 Å². The number of furan rings is 1. The lowest BCUT2D eigenvalue weighted by Crippen LogP contribution is -2.39. The van der Waals surface area contributed by atoms with Gasteiger partial charge in [0.2, 0.25) is 0 Å². The molecule has 142 valence electrons. The van der Waals surface area contributed by atoms with Gasteiger partial charge in [0.15, 0.2) is 17.3 Å². The molecule has 2 aliphatic rings. The average molecular weight is 371 g/mol. The van der Waals surface area contributed by atoms with Crippen LogP contribution in [-0.4, -0.2) is 36.7 Å². The Hall–Kier alpha value is -2.96. The molecular weight excluding hydrogens is 350 g/mol. The molecule has 1 aliphatic carbocycles. The standard InChI is InChI=1S/C20H21NO6/c22-18(17-9-13(11-27-17)19(23)24)21-12-20(5-1-2-6-20)14-3-4-15-16(10-14)26-8-7-25-15/h3-4,9-11H,1-2,5-8,12H2,(H,21,22)(H,23,24). The molecule has 2 aromatic rings. The number of benzene rings is 1. The SMILES string of the molecule is O=C(O)c1coc(C(=O)NCC2(c3ccc4c(c3)OCCO4)CCCC2)c1. The van der Waals surface area contributed by atoms with E-state index in [1.54, 1.807) is 0 Å². The number of carboxylic acid groups (broad SMARTS) is 1. The molecule has 0 radical (unpaired) electrons. The van der Waals surface area contributed by atoms with Crippen molar-refractivity contribution in [1.82, 2.24) is 5.32 Å². The van der Waals surface area contributed by atoms with Crippen LogP contribution in [0.5, 0.6) is 11.5 Å². The molecule has 0 bridgehead atoms. The summed E-state index contributed by atoms with van der Waals surface area (Å²) in [5.41, 5.74) is 0.908. The first-order valence-electron chi connectivity index (χ1n) is 9.08. The van der Waals surface area contributed by atoms with Crippen molar-refractivity contribution in [2.24, 2.45) is 0 Å². The van der Waals surface area contributed by atoms with Crippen molar-refractivity contribution < 1.29 is 28.6 Å². The quantitative estimate of drug-likeness (QED) is 0.838. The first-order chi connectivity index (χ1) is 13.1. The van der Waals surface area contributed by atoms with Crippen molar-refractivity contribution in [3.05, 3.63) is 47.4 Å². The summed E-state index contributed by atoms with van der Waals surface area (Å²) in [6, 6.07) is 7.22. The third kappa shape index (κ3) is 3.37. The molecule has 1 saturated carbocycles. The summed E-state index contributed by atoms with van der Waals surface area (Å²) >= 11 is 0. The van der Waals surface area contributed by atoms with Crippen LogP contribution in [0.25, 0.3) is 0 Å². The predicted molar refractivity (Wildman–Crippen MR) is 95.6 cm³/mol. The molecule has 0 spiro atoms. The Morgan fingerprint density at radius 1 is 1.07 bits per heavy atom. The first kappa shape index (κ1) is 17.5. The van der Waals surface area contributed by atoms with E-state index in [0.29, 0.717) is 19.8 Å². The van der Waals surface area contributed by atoms with E-state index in [4.69, 9.17) is 19.0 Å². The number of rotatable bonds is 5. The highest BCUT2D eigenvalue weighted by molar-refractivity contribution is 5.95. The number of fused-ring (bicyclic) bond motifs is 1. The molecule has 4 rings (SSSR count).